The summed E-state index contributed by atoms with van der Waals surface area (Å²) in [7, 11) is 1.31. The van der Waals surface area contributed by atoms with Crippen LogP contribution in [0.4, 0.5) is 23.2 Å². The highest BCUT2D eigenvalue weighted by molar-refractivity contribution is 7.16. The van der Waals surface area contributed by atoms with E-state index in [1.807, 2.05) is 0 Å². The number of nitrogens with zero attached hydrogens (tertiary/aromatic N) is 2. The van der Waals surface area contributed by atoms with Crippen LogP contribution in [0.5, 0.6) is 0 Å². The lowest BCUT2D eigenvalue weighted by atomic mass is 10.3. The van der Waals surface area contributed by atoms with Crippen molar-refractivity contribution in [2.45, 2.75) is 6.54 Å². The Kier molecular flexibility index (Phi) is 3.96. The van der Waals surface area contributed by atoms with E-state index in [0.29, 0.717) is 9.21 Å². The lowest BCUT2D eigenvalue weighted by molar-refractivity contribution is 0.407. The van der Waals surface area contributed by atoms with E-state index in [1.165, 1.54) is 18.4 Å². The summed E-state index contributed by atoms with van der Waals surface area (Å²) >= 11 is 6.93. The van der Waals surface area contributed by atoms with Crippen LogP contribution in [-0.4, -0.2) is 12.0 Å². The first-order valence-corrected chi connectivity index (χ1v) is 6.25. The summed E-state index contributed by atoms with van der Waals surface area (Å²) in [5.41, 5.74) is -0.797. The normalized spacial score (nSPS) is 10.8. The van der Waals surface area contributed by atoms with Gasteiger partial charge in [-0.1, -0.05) is 11.6 Å². The Balaban J connectivity index is 2.36. The maximum absolute atomic E-state index is 13.5. The van der Waals surface area contributed by atoms with Gasteiger partial charge in [-0.25, -0.2) is 0 Å². The molecule has 0 amide bonds. The fourth-order valence-electron chi connectivity index (χ4n) is 1.56. The number of hydrogen-bond acceptors (Lipinski definition) is 3. The van der Waals surface area contributed by atoms with E-state index in [0.717, 1.165) is 4.90 Å². The van der Waals surface area contributed by atoms with Gasteiger partial charge in [0.1, 0.15) is 5.69 Å². The van der Waals surface area contributed by atoms with Gasteiger partial charge in [-0.15, -0.1) is 11.3 Å². The zero-order valence-corrected chi connectivity index (χ0v) is 11.1. The molecule has 102 valence electrons. The van der Waals surface area contributed by atoms with Crippen LogP contribution in [0.15, 0.2) is 12.1 Å². The van der Waals surface area contributed by atoms with Crippen LogP contribution < -0.4 is 4.90 Å². The third-order valence-corrected chi connectivity index (χ3v) is 3.59. The highest BCUT2D eigenvalue weighted by Crippen LogP contribution is 2.28. The van der Waals surface area contributed by atoms with Crippen LogP contribution in [0, 0.1) is 23.5 Å². The molecule has 2 rings (SSSR count). The van der Waals surface area contributed by atoms with Gasteiger partial charge in [0.25, 0.3) is 11.9 Å². The maximum atomic E-state index is 13.5. The Morgan fingerprint density at radius 1 is 1.16 bits per heavy atom. The standard InChI is InChI=1S/C11H7ClF4N2S/c1-18(4-5-2-3-6(12)19-5)9-7(13)10(15)17-11(16)8(9)14/h2-3H,4H2,1H3. The average Bonchev–Trinajstić information content (AvgIpc) is 2.72. The highest BCUT2D eigenvalue weighted by Gasteiger charge is 2.23. The molecule has 0 aliphatic rings. The molecule has 0 fully saturated rings. The Morgan fingerprint density at radius 2 is 1.74 bits per heavy atom. The summed E-state index contributed by atoms with van der Waals surface area (Å²) in [6, 6.07) is 3.28. The molecule has 0 saturated carbocycles. The molecule has 0 spiro atoms. The molecule has 0 radical (unpaired) electrons. The van der Waals surface area contributed by atoms with E-state index >= 15 is 0 Å². The number of thiophene rings is 1. The number of pyridine rings is 1. The molecule has 2 heterocycles. The summed E-state index contributed by atoms with van der Waals surface area (Å²) < 4.78 is 53.5. The molecule has 0 aromatic carbocycles. The minimum atomic E-state index is -1.68. The number of anilines is 1. The molecule has 8 heteroatoms. The lowest BCUT2D eigenvalue weighted by Gasteiger charge is -2.19. The van der Waals surface area contributed by atoms with Crippen LogP contribution in [0.1, 0.15) is 4.88 Å². The van der Waals surface area contributed by atoms with Crippen molar-refractivity contribution >= 4 is 28.6 Å². The molecule has 0 aliphatic carbocycles. The minimum Gasteiger partial charge on any atom is -0.364 e. The number of halogens is 5. The van der Waals surface area contributed by atoms with E-state index < -0.39 is 29.2 Å². The third kappa shape index (κ3) is 2.82. The first-order valence-electron chi connectivity index (χ1n) is 5.05. The van der Waals surface area contributed by atoms with Crippen LogP contribution in [0.25, 0.3) is 0 Å². The predicted molar refractivity (Wildman–Crippen MR) is 65.5 cm³/mol. The first kappa shape index (κ1) is 14.1. The second-order valence-corrected chi connectivity index (χ2v) is 5.53. The number of aromatic nitrogens is 1. The SMILES string of the molecule is CN(Cc1ccc(Cl)s1)c1c(F)c(F)nc(F)c1F. The fourth-order valence-corrected chi connectivity index (χ4v) is 2.70. The minimum absolute atomic E-state index is 0.0636. The molecule has 2 aromatic heterocycles. The molecule has 0 N–H and O–H groups in total. The fraction of sp³-hybridized carbons (Fsp3) is 0.182. The van der Waals surface area contributed by atoms with E-state index in [9.17, 15) is 17.6 Å². The van der Waals surface area contributed by atoms with Gasteiger partial charge in [0, 0.05) is 11.9 Å². The van der Waals surface area contributed by atoms with Gasteiger partial charge in [-0.05, 0) is 12.1 Å². The largest absolute Gasteiger partial charge is 0.364 e. The van der Waals surface area contributed by atoms with Gasteiger partial charge in [-0.2, -0.15) is 22.5 Å². The van der Waals surface area contributed by atoms with Gasteiger partial charge >= 0.3 is 0 Å². The quantitative estimate of drug-likeness (QED) is 0.629. The van der Waals surface area contributed by atoms with Crippen molar-refractivity contribution < 1.29 is 17.6 Å². The first-order chi connectivity index (χ1) is 8.90. The maximum Gasteiger partial charge on any atom is 0.253 e. The van der Waals surface area contributed by atoms with Gasteiger partial charge < -0.3 is 4.90 Å². The molecule has 2 nitrogen and oxygen atoms in total. The van der Waals surface area contributed by atoms with Crippen LogP contribution in [-0.2, 0) is 6.54 Å². The van der Waals surface area contributed by atoms with E-state index in [4.69, 9.17) is 11.6 Å². The zero-order valence-electron chi connectivity index (χ0n) is 9.55. The Labute approximate surface area is 115 Å². The van der Waals surface area contributed by atoms with Crippen molar-refractivity contribution in [2.75, 3.05) is 11.9 Å². The molecular weight excluding hydrogens is 304 g/mol. The monoisotopic (exact) mass is 310 g/mol. The van der Waals surface area contributed by atoms with E-state index in [-0.39, 0.29) is 6.54 Å². The summed E-state index contributed by atoms with van der Waals surface area (Å²) in [6.45, 7) is 0.0636. The van der Waals surface area contributed by atoms with Crippen LogP contribution in [0.2, 0.25) is 4.34 Å². The molecule has 0 aliphatic heterocycles. The predicted octanol–water partition coefficient (Wildman–Crippen LogP) is 3.99. The van der Waals surface area contributed by atoms with Gasteiger partial charge in [0.15, 0.2) is 0 Å². The smallest absolute Gasteiger partial charge is 0.253 e. The summed E-state index contributed by atoms with van der Waals surface area (Å²) in [4.78, 5) is 4.25. The average molecular weight is 311 g/mol. The van der Waals surface area contributed by atoms with Crippen molar-refractivity contribution in [3.8, 4) is 0 Å². The van der Waals surface area contributed by atoms with Crippen molar-refractivity contribution in [1.82, 2.24) is 4.98 Å². The van der Waals surface area contributed by atoms with Gasteiger partial charge in [0.05, 0.1) is 10.9 Å². The van der Waals surface area contributed by atoms with Crippen molar-refractivity contribution in [2.24, 2.45) is 0 Å². The molecule has 19 heavy (non-hydrogen) atoms. The molecule has 0 atom stereocenters. The zero-order chi connectivity index (χ0) is 14.2. The number of hydrogen-bond donors (Lipinski definition) is 0. The summed E-state index contributed by atoms with van der Waals surface area (Å²) in [5.74, 6) is -6.40. The molecular formula is C11H7ClF4N2S. The van der Waals surface area contributed by atoms with Crippen LogP contribution in [0.3, 0.4) is 0 Å². The highest BCUT2D eigenvalue weighted by atomic mass is 35.5. The second kappa shape index (κ2) is 5.34. The molecule has 0 unspecified atom stereocenters. The molecule has 0 bridgehead atoms. The third-order valence-electron chi connectivity index (χ3n) is 2.38. The Morgan fingerprint density at radius 3 is 2.21 bits per heavy atom. The Hall–Kier alpha value is -1.34. The molecule has 0 saturated heterocycles. The van der Waals surface area contributed by atoms with Gasteiger partial charge in [0.2, 0.25) is 11.6 Å². The topological polar surface area (TPSA) is 16.1 Å². The summed E-state index contributed by atoms with van der Waals surface area (Å²) in [6.07, 6.45) is 0. The molecule has 2 aromatic rings. The van der Waals surface area contributed by atoms with E-state index in [1.54, 1.807) is 12.1 Å². The van der Waals surface area contributed by atoms with Crippen molar-refractivity contribution in [1.29, 1.82) is 0 Å². The van der Waals surface area contributed by atoms with E-state index in [2.05, 4.69) is 4.98 Å². The Bertz CT molecular complexity index is 591. The van der Waals surface area contributed by atoms with Crippen molar-refractivity contribution in [3.05, 3.63) is 44.9 Å². The van der Waals surface area contributed by atoms with Gasteiger partial charge in [-0.3, -0.25) is 0 Å². The lowest BCUT2D eigenvalue weighted by Crippen LogP contribution is -2.20. The second-order valence-electron chi connectivity index (χ2n) is 3.73. The van der Waals surface area contributed by atoms with Crippen LogP contribution >= 0.6 is 22.9 Å². The number of rotatable bonds is 3. The van der Waals surface area contributed by atoms with Crippen molar-refractivity contribution in [3.63, 3.8) is 0 Å². The summed E-state index contributed by atoms with van der Waals surface area (Å²) in [5, 5.41) is 0.